The number of quaternary nitrogens is 1. The van der Waals surface area contributed by atoms with Gasteiger partial charge in [-0.15, -0.1) is 0 Å². The zero-order chi connectivity index (χ0) is 12.8. The molecule has 2 N–H and O–H groups in total. The average Bonchev–Trinajstić information content (AvgIpc) is 2.40. The summed E-state index contributed by atoms with van der Waals surface area (Å²) in [4.78, 5) is 10.2. The highest BCUT2D eigenvalue weighted by molar-refractivity contribution is 5.32. The maximum absolute atomic E-state index is 10.5. The van der Waals surface area contributed by atoms with Crippen molar-refractivity contribution < 1.29 is 10.2 Å². The Hall–Kier alpha value is -1.42. The van der Waals surface area contributed by atoms with Crippen LogP contribution in [0.15, 0.2) is 24.3 Å². The van der Waals surface area contributed by atoms with Crippen molar-refractivity contribution in [1.82, 2.24) is 0 Å². The Labute approximate surface area is 108 Å². The average molecular weight is 249 g/mol. The number of nitrogens with zero attached hydrogens (tertiary/aromatic N) is 1. The fourth-order valence-electron chi connectivity index (χ4n) is 2.64. The van der Waals surface area contributed by atoms with Crippen molar-refractivity contribution in [2.24, 2.45) is 0 Å². The fourth-order valence-corrected chi connectivity index (χ4v) is 2.64. The summed E-state index contributed by atoms with van der Waals surface area (Å²) in [5.74, 6) is 0. The van der Waals surface area contributed by atoms with Gasteiger partial charge in [-0.25, -0.2) is 0 Å². The Kier molecular flexibility index (Phi) is 4.70. The lowest BCUT2D eigenvalue weighted by atomic mass is 9.95. The molecule has 4 heteroatoms. The number of nitrogens with two attached hydrogens (primary N) is 1. The van der Waals surface area contributed by atoms with Crippen LogP contribution in [0.2, 0.25) is 0 Å². The maximum atomic E-state index is 10.5. The van der Waals surface area contributed by atoms with Gasteiger partial charge >= 0.3 is 0 Å². The van der Waals surface area contributed by atoms with E-state index in [1.165, 1.54) is 37.7 Å². The van der Waals surface area contributed by atoms with Crippen LogP contribution >= 0.6 is 0 Å². The molecule has 0 radical (unpaired) electrons. The molecule has 18 heavy (non-hydrogen) atoms. The Bertz CT molecular complexity index is 383. The van der Waals surface area contributed by atoms with E-state index in [2.05, 4.69) is 5.32 Å². The second-order valence-electron chi connectivity index (χ2n) is 5.10. The van der Waals surface area contributed by atoms with Crippen LogP contribution in [0, 0.1) is 10.1 Å². The summed E-state index contributed by atoms with van der Waals surface area (Å²) in [7, 11) is 0. The van der Waals surface area contributed by atoms with E-state index in [1.807, 2.05) is 12.1 Å². The van der Waals surface area contributed by atoms with Gasteiger partial charge in [0.25, 0.3) is 5.69 Å². The third-order valence-corrected chi connectivity index (χ3v) is 3.73. The number of benzene rings is 1. The highest BCUT2D eigenvalue weighted by Crippen LogP contribution is 2.15. The highest BCUT2D eigenvalue weighted by atomic mass is 16.6. The van der Waals surface area contributed by atoms with Crippen molar-refractivity contribution in [3.05, 3.63) is 39.9 Å². The number of nitro benzene ring substituents is 1. The zero-order valence-electron chi connectivity index (χ0n) is 10.7. The molecule has 0 amide bonds. The molecule has 1 aliphatic rings. The molecule has 98 valence electrons. The van der Waals surface area contributed by atoms with E-state index in [0.29, 0.717) is 0 Å². The second-order valence-corrected chi connectivity index (χ2v) is 5.10. The number of nitro groups is 1. The van der Waals surface area contributed by atoms with Crippen LogP contribution < -0.4 is 5.32 Å². The van der Waals surface area contributed by atoms with E-state index >= 15 is 0 Å². The summed E-state index contributed by atoms with van der Waals surface area (Å²) >= 11 is 0. The van der Waals surface area contributed by atoms with Crippen molar-refractivity contribution in [3.8, 4) is 0 Å². The Morgan fingerprint density at radius 3 is 2.44 bits per heavy atom. The smallest absolute Gasteiger partial charge is 0.269 e. The minimum atomic E-state index is -0.349. The number of hydrogen-bond donors (Lipinski definition) is 1. The van der Waals surface area contributed by atoms with Crippen LogP contribution in [-0.2, 0) is 6.42 Å². The van der Waals surface area contributed by atoms with Crippen LogP contribution in [0.3, 0.4) is 0 Å². The molecule has 0 aliphatic heterocycles. The Morgan fingerprint density at radius 1 is 1.17 bits per heavy atom. The van der Waals surface area contributed by atoms with Crippen LogP contribution in [0.4, 0.5) is 5.69 Å². The van der Waals surface area contributed by atoms with Crippen LogP contribution in [0.5, 0.6) is 0 Å². The fraction of sp³-hybridized carbons (Fsp3) is 0.571. The first-order valence-electron chi connectivity index (χ1n) is 6.82. The van der Waals surface area contributed by atoms with Crippen LogP contribution in [0.1, 0.15) is 37.7 Å². The molecule has 0 unspecified atom stereocenters. The van der Waals surface area contributed by atoms with Gasteiger partial charge in [-0.3, -0.25) is 10.1 Å². The standard InChI is InChI=1S/C14H20N2O2/c17-16(18)14-8-6-12(7-9-14)10-11-15-13-4-2-1-3-5-13/h6-9,13,15H,1-5,10-11H2/p+1. The zero-order valence-corrected chi connectivity index (χ0v) is 10.7. The topological polar surface area (TPSA) is 59.8 Å². The van der Waals surface area contributed by atoms with Crippen LogP contribution in [-0.4, -0.2) is 17.5 Å². The summed E-state index contributed by atoms with van der Waals surface area (Å²) in [6.07, 6.45) is 7.83. The maximum Gasteiger partial charge on any atom is 0.269 e. The lowest BCUT2D eigenvalue weighted by Crippen LogP contribution is -2.90. The van der Waals surface area contributed by atoms with E-state index in [0.717, 1.165) is 19.0 Å². The molecule has 1 saturated carbocycles. The molecule has 0 spiro atoms. The van der Waals surface area contributed by atoms with Gasteiger partial charge in [0, 0.05) is 18.6 Å². The summed E-state index contributed by atoms with van der Waals surface area (Å²) in [6, 6.07) is 7.72. The van der Waals surface area contributed by atoms with Crippen molar-refractivity contribution in [3.63, 3.8) is 0 Å². The molecular formula is C14H21N2O2+. The molecule has 1 fully saturated rings. The summed E-state index contributed by atoms with van der Waals surface area (Å²) in [6.45, 7) is 1.09. The third-order valence-electron chi connectivity index (χ3n) is 3.73. The van der Waals surface area contributed by atoms with Gasteiger partial charge < -0.3 is 5.32 Å². The normalized spacial score (nSPS) is 16.7. The lowest BCUT2D eigenvalue weighted by molar-refractivity contribution is -0.691. The van der Waals surface area contributed by atoms with E-state index in [9.17, 15) is 10.1 Å². The van der Waals surface area contributed by atoms with Crippen molar-refractivity contribution in [2.45, 2.75) is 44.6 Å². The first kappa shape index (κ1) is 13.0. The summed E-state index contributed by atoms with van der Waals surface area (Å²) in [5, 5.41) is 13.0. The van der Waals surface area contributed by atoms with E-state index in [4.69, 9.17) is 0 Å². The van der Waals surface area contributed by atoms with Gasteiger partial charge in [0.05, 0.1) is 17.5 Å². The SMILES string of the molecule is O=[N+]([O-])c1ccc(CC[NH2+]C2CCCCC2)cc1. The van der Waals surface area contributed by atoms with E-state index in [1.54, 1.807) is 12.1 Å². The molecule has 0 aromatic heterocycles. The van der Waals surface area contributed by atoms with E-state index in [-0.39, 0.29) is 10.6 Å². The van der Waals surface area contributed by atoms with E-state index < -0.39 is 0 Å². The molecule has 4 nitrogen and oxygen atoms in total. The van der Waals surface area contributed by atoms with Gasteiger partial charge in [-0.2, -0.15) is 0 Å². The molecule has 1 aromatic rings. The van der Waals surface area contributed by atoms with Crippen molar-refractivity contribution in [2.75, 3.05) is 6.54 Å². The molecule has 2 rings (SSSR count). The largest absolute Gasteiger partial charge is 0.344 e. The molecule has 0 bridgehead atoms. The number of non-ortho nitro benzene ring substituents is 1. The Balaban J connectivity index is 1.74. The summed E-state index contributed by atoms with van der Waals surface area (Å²) < 4.78 is 0. The molecule has 0 atom stereocenters. The third kappa shape index (κ3) is 3.81. The molecule has 0 saturated heterocycles. The minimum absolute atomic E-state index is 0.176. The molecule has 0 heterocycles. The quantitative estimate of drug-likeness (QED) is 0.641. The predicted octanol–water partition coefficient (Wildman–Crippen LogP) is 2.03. The van der Waals surface area contributed by atoms with Crippen molar-refractivity contribution >= 4 is 5.69 Å². The second kappa shape index (κ2) is 6.50. The van der Waals surface area contributed by atoms with Crippen LogP contribution in [0.25, 0.3) is 0 Å². The van der Waals surface area contributed by atoms with Gasteiger partial charge in [0.15, 0.2) is 0 Å². The first-order valence-corrected chi connectivity index (χ1v) is 6.82. The molecule has 1 aliphatic carbocycles. The first-order chi connectivity index (χ1) is 8.75. The highest BCUT2D eigenvalue weighted by Gasteiger charge is 2.15. The Morgan fingerprint density at radius 2 is 1.83 bits per heavy atom. The van der Waals surface area contributed by atoms with Crippen molar-refractivity contribution in [1.29, 1.82) is 0 Å². The molecular weight excluding hydrogens is 228 g/mol. The monoisotopic (exact) mass is 249 g/mol. The number of hydrogen-bond acceptors (Lipinski definition) is 2. The van der Waals surface area contributed by atoms with Gasteiger partial charge in [0.1, 0.15) is 0 Å². The predicted molar refractivity (Wildman–Crippen MR) is 70.5 cm³/mol. The summed E-state index contributed by atoms with van der Waals surface area (Å²) in [5.41, 5.74) is 1.36. The van der Waals surface area contributed by atoms with Gasteiger partial charge in [-0.1, -0.05) is 18.6 Å². The number of rotatable bonds is 5. The lowest BCUT2D eigenvalue weighted by Gasteiger charge is -2.19. The minimum Gasteiger partial charge on any atom is -0.344 e. The van der Waals surface area contributed by atoms with Gasteiger partial charge in [0.2, 0.25) is 0 Å². The van der Waals surface area contributed by atoms with Gasteiger partial charge in [-0.05, 0) is 31.2 Å². The molecule has 1 aromatic carbocycles.